The summed E-state index contributed by atoms with van der Waals surface area (Å²) >= 11 is 0. The molecule has 5 heteroatoms. The number of likely N-dealkylation sites (N-methyl/N-ethyl adjacent to an activating group) is 1. The average molecular weight is 341 g/mol. The molecule has 1 aromatic rings. The Kier molecular flexibility index (Phi) is 8.59. The van der Waals surface area contributed by atoms with Crippen molar-refractivity contribution in [2.24, 2.45) is 0 Å². The molecule has 1 heterocycles. The van der Waals surface area contributed by atoms with Crippen molar-refractivity contribution < 1.29 is 9.90 Å². The highest BCUT2D eigenvalue weighted by atomic mass is 35.5. The van der Waals surface area contributed by atoms with Gasteiger partial charge in [0.25, 0.3) is 0 Å². The number of carboxylic acids is 1. The topological polar surface area (TPSA) is 43.8 Å². The van der Waals surface area contributed by atoms with E-state index < -0.39 is 5.97 Å². The van der Waals surface area contributed by atoms with Gasteiger partial charge in [-0.2, -0.15) is 0 Å². The fourth-order valence-electron chi connectivity index (χ4n) is 3.31. The highest BCUT2D eigenvalue weighted by molar-refractivity contribution is 5.85. The molecule has 0 aliphatic carbocycles. The van der Waals surface area contributed by atoms with Gasteiger partial charge >= 0.3 is 5.97 Å². The van der Waals surface area contributed by atoms with Crippen LogP contribution in [0, 0.1) is 6.92 Å². The molecule has 1 aliphatic rings. The molecule has 0 radical (unpaired) electrons. The molecule has 0 spiro atoms. The lowest BCUT2D eigenvalue weighted by molar-refractivity contribution is -0.138. The van der Waals surface area contributed by atoms with Gasteiger partial charge in [0.2, 0.25) is 0 Å². The lowest BCUT2D eigenvalue weighted by Crippen LogP contribution is -2.45. The number of halogens is 1. The van der Waals surface area contributed by atoms with E-state index in [0.717, 1.165) is 38.9 Å². The van der Waals surface area contributed by atoms with E-state index in [0.29, 0.717) is 6.04 Å². The Labute approximate surface area is 145 Å². The summed E-state index contributed by atoms with van der Waals surface area (Å²) in [6.07, 6.45) is 4.49. The Balaban J connectivity index is 0.00000264. The molecule has 1 N–H and O–H groups in total. The number of benzene rings is 1. The first-order valence-corrected chi connectivity index (χ1v) is 8.25. The van der Waals surface area contributed by atoms with Crippen molar-refractivity contribution in [3.05, 3.63) is 35.4 Å². The van der Waals surface area contributed by atoms with Crippen molar-refractivity contribution in [2.75, 3.05) is 33.2 Å². The molecule has 0 unspecified atom stereocenters. The van der Waals surface area contributed by atoms with Crippen molar-refractivity contribution >= 4 is 18.4 Å². The summed E-state index contributed by atoms with van der Waals surface area (Å²) in [5.74, 6) is -0.733. The van der Waals surface area contributed by atoms with Crippen molar-refractivity contribution in [1.29, 1.82) is 0 Å². The molecule has 0 aromatic heterocycles. The predicted octanol–water partition coefficient (Wildman–Crippen LogP) is 2.83. The van der Waals surface area contributed by atoms with Gasteiger partial charge in [0.15, 0.2) is 0 Å². The first-order chi connectivity index (χ1) is 10.6. The summed E-state index contributed by atoms with van der Waals surface area (Å²) in [7, 11) is 1.92. The van der Waals surface area contributed by atoms with Gasteiger partial charge in [-0.25, -0.2) is 0 Å². The van der Waals surface area contributed by atoms with Crippen molar-refractivity contribution in [2.45, 2.75) is 38.6 Å². The van der Waals surface area contributed by atoms with Crippen molar-refractivity contribution in [3.63, 3.8) is 0 Å². The number of piperidine rings is 1. The summed E-state index contributed by atoms with van der Waals surface area (Å²) in [5, 5.41) is 8.86. The molecule has 4 nitrogen and oxygen atoms in total. The predicted molar refractivity (Wildman–Crippen MR) is 96.5 cm³/mol. The van der Waals surface area contributed by atoms with Crippen LogP contribution in [0.15, 0.2) is 24.3 Å². The molecule has 0 bridgehead atoms. The van der Waals surface area contributed by atoms with Crippen LogP contribution in [0.5, 0.6) is 0 Å². The van der Waals surface area contributed by atoms with E-state index in [1.807, 2.05) is 11.9 Å². The maximum Gasteiger partial charge on any atom is 0.317 e. The summed E-state index contributed by atoms with van der Waals surface area (Å²) in [6.45, 7) is 5.64. The second-order valence-corrected chi connectivity index (χ2v) is 6.41. The van der Waals surface area contributed by atoms with E-state index in [1.165, 1.54) is 17.5 Å². The van der Waals surface area contributed by atoms with Crippen LogP contribution in [0.4, 0.5) is 0 Å². The van der Waals surface area contributed by atoms with E-state index in [1.54, 1.807) is 0 Å². The zero-order chi connectivity index (χ0) is 15.9. The Bertz CT molecular complexity index is 488. The fraction of sp³-hybridized carbons (Fsp3) is 0.611. The molecule has 1 aromatic carbocycles. The van der Waals surface area contributed by atoms with Gasteiger partial charge in [-0.3, -0.25) is 9.69 Å². The Morgan fingerprint density at radius 1 is 1.30 bits per heavy atom. The fourth-order valence-corrected chi connectivity index (χ4v) is 3.31. The summed E-state index contributed by atoms with van der Waals surface area (Å²) in [6, 6.07) is 9.04. The van der Waals surface area contributed by atoms with Crippen LogP contribution in [-0.2, 0) is 11.2 Å². The van der Waals surface area contributed by atoms with Crippen LogP contribution in [0.25, 0.3) is 0 Å². The van der Waals surface area contributed by atoms with Crippen molar-refractivity contribution in [1.82, 2.24) is 9.80 Å². The smallest absolute Gasteiger partial charge is 0.317 e. The minimum absolute atomic E-state index is 0. The first-order valence-electron chi connectivity index (χ1n) is 8.25. The van der Waals surface area contributed by atoms with Gasteiger partial charge in [0, 0.05) is 6.04 Å². The van der Waals surface area contributed by atoms with Crippen LogP contribution in [0.1, 0.15) is 30.4 Å². The second-order valence-electron chi connectivity index (χ2n) is 6.41. The Hall–Kier alpha value is -1.10. The zero-order valence-corrected chi connectivity index (χ0v) is 15.0. The van der Waals surface area contributed by atoms with Crippen LogP contribution >= 0.6 is 12.4 Å². The lowest BCUT2D eigenvalue weighted by Gasteiger charge is -2.36. The van der Waals surface area contributed by atoms with Gasteiger partial charge in [-0.05, 0) is 70.4 Å². The summed E-state index contributed by atoms with van der Waals surface area (Å²) in [4.78, 5) is 15.3. The number of aliphatic carboxylic acids is 1. The molecule has 130 valence electrons. The van der Waals surface area contributed by atoms with Crippen LogP contribution in [-0.4, -0.2) is 60.1 Å². The van der Waals surface area contributed by atoms with Crippen LogP contribution in [0.2, 0.25) is 0 Å². The monoisotopic (exact) mass is 340 g/mol. The Morgan fingerprint density at radius 3 is 2.57 bits per heavy atom. The number of rotatable bonds is 7. The molecule has 0 saturated carbocycles. The lowest BCUT2D eigenvalue weighted by atomic mass is 10.0. The van der Waals surface area contributed by atoms with E-state index in [2.05, 4.69) is 36.1 Å². The third kappa shape index (κ3) is 6.50. The van der Waals surface area contributed by atoms with E-state index in [-0.39, 0.29) is 19.0 Å². The Morgan fingerprint density at radius 2 is 1.96 bits per heavy atom. The van der Waals surface area contributed by atoms with Gasteiger partial charge < -0.3 is 10.0 Å². The molecule has 23 heavy (non-hydrogen) atoms. The van der Waals surface area contributed by atoms with Crippen LogP contribution in [0.3, 0.4) is 0 Å². The van der Waals surface area contributed by atoms with E-state index in [4.69, 9.17) is 5.11 Å². The van der Waals surface area contributed by atoms with Crippen LogP contribution < -0.4 is 0 Å². The van der Waals surface area contributed by atoms with E-state index in [9.17, 15) is 4.79 Å². The molecule has 0 atom stereocenters. The number of carboxylic acid groups (broad SMARTS) is 1. The zero-order valence-electron chi connectivity index (χ0n) is 14.2. The molecule has 2 rings (SSSR count). The minimum Gasteiger partial charge on any atom is -0.480 e. The first kappa shape index (κ1) is 19.9. The van der Waals surface area contributed by atoms with Gasteiger partial charge in [-0.1, -0.05) is 24.3 Å². The number of nitrogens with zero attached hydrogens (tertiary/aromatic N) is 2. The number of carbonyl (C=O) groups is 1. The highest BCUT2D eigenvalue weighted by Gasteiger charge is 2.23. The van der Waals surface area contributed by atoms with Gasteiger partial charge in [0.1, 0.15) is 0 Å². The number of hydrogen-bond donors (Lipinski definition) is 1. The summed E-state index contributed by atoms with van der Waals surface area (Å²) in [5.41, 5.74) is 2.84. The molecule has 0 amide bonds. The number of likely N-dealkylation sites (tertiary alicyclic amines) is 1. The molecule has 1 fully saturated rings. The number of aryl methyl sites for hydroxylation is 2. The maximum atomic E-state index is 10.8. The minimum atomic E-state index is -0.733. The third-order valence-corrected chi connectivity index (χ3v) is 4.75. The SMILES string of the molecule is Cc1ccccc1CCCN1CCC(N(C)CC(=O)O)CC1.Cl. The van der Waals surface area contributed by atoms with Gasteiger partial charge in [-0.15, -0.1) is 12.4 Å². The summed E-state index contributed by atoms with van der Waals surface area (Å²) < 4.78 is 0. The normalized spacial score (nSPS) is 16.3. The quantitative estimate of drug-likeness (QED) is 0.829. The molecular weight excluding hydrogens is 312 g/mol. The molecular formula is C18H29ClN2O2. The maximum absolute atomic E-state index is 10.8. The van der Waals surface area contributed by atoms with E-state index >= 15 is 0 Å². The van der Waals surface area contributed by atoms with Gasteiger partial charge in [0.05, 0.1) is 6.54 Å². The largest absolute Gasteiger partial charge is 0.480 e. The second kappa shape index (κ2) is 9.91. The molecule has 1 aliphatic heterocycles. The number of hydrogen-bond acceptors (Lipinski definition) is 3. The van der Waals surface area contributed by atoms with Crippen molar-refractivity contribution in [3.8, 4) is 0 Å². The average Bonchev–Trinajstić information content (AvgIpc) is 2.49. The highest BCUT2D eigenvalue weighted by Crippen LogP contribution is 2.16. The third-order valence-electron chi connectivity index (χ3n) is 4.75. The molecule has 1 saturated heterocycles. The standard InChI is InChI=1S/C18H28N2O2.ClH/c1-15-6-3-4-7-16(15)8-5-11-20-12-9-17(10-13-20)19(2)14-18(21)22;/h3-4,6-7,17H,5,8-14H2,1-2H3,(H,21,22);1H.